The lowest BCUT2D eigenvalue weighted by atomic mass is 10.0. The Morgan fingerprint density at radius 2 is 2.00 bits per heavy atom. The van der Waals surface area contributed by atoms with Crippen molar-refractivity contribution in [2.75, 3.05) is 45.2 Å². The van der Waals surface area contributed by atoms with Gasteiger partial charge in [0.15, 0.2) is 0 Å². The molecule has 1 atom stereocenters. The van der Waals surface area contributed by atoms with Gasteiger partial charge in [0.05, 0.1) is 0 Å². The molecule has 1 aliphatic carbocycles. The number of likely N-dealkylation sites (N-methyl/N-ethyl adjacent to an activating group) is 1. The molecular weight excluding hydrogens is 402 g/mol. The van der Waals surface area contributed by atoms with Crippen molar-refractivity contribution in [2.45, 2.75) is 31.7 Å². The van der Waals surface area contributed by atoms with Crippen LogP contribution in [0.1, 0.15) is 25.7 Å². The number of nitrogens with zero attached hydrogens (tertiary/aromatic N) is 4. The number of likely N-dealkylation sites (tertiary alicyclic amines) is 1. The standard InChI is InChI=1S/C25H33N5O2/c1-28(2)13-4-6-24(31)29-14-3-5-22(18-29)30(17-19-7-8-19)23-15-21(16-27-25(23)32)20-9-11-26-12-10-20/h4,6,9-12,15-16,19,22H,3,5,7-8,13-14,17-18H2,1-2H3,(H,27,32)/b6-4+. The van der Waals surface area contributed by atoms with Crippen LogP contribution in [0, 0.1) is 5.92 Å². The average Bonchev–Trinajstić information content (AvgIpc) is 3.63. The summed E-state index contributed by atoms with van der Waals surface area (Å²) in [6.45, 7) is 3.03. The first-order chi connectivity index (χ1) is 15.5. The monoisotopic (exact) mass is 435 g/mol. The first-order valence-electron chi connectivity index (χ1n) is 11.5. The molecule has 2 fully saturated rings. The maximum absolute atomic E-state index is 12.9. The normalized spacial score (nSPS) is 19.0. The van der Waals surface area contributed by atoms with Crippen molar-refractivity contribution in [1.29, 1.82) is 0 Å². The topological polar surface area (TPSA) is 72.5 Å². The van der Waals surface area contributed by atoms with Gasteiger partial charge in [-0.05, 0) is 69.5 Å². The lowest BCUT2D eigenvalue weighted by Crippen LogP contribution is -2.51. The molecule has 3 heterocycles. The first kappa shape index (κ1) is 22.3. The number of amides is 1. The third-order valence-corrected chi connectivity index (χ3v) is 6.24. The maximum Gasteiger partial charge on any atom is 0.271 e. The number of hydrogen-bond acceptors (Lipinski definition) is 5. The second-order valence-corrected chi connectivity index (χ2v) is 9.18. The van der Waals surface area contributed by atoms with Crippen molar-refractivity contribution in [3.63, 3.8) is 0 Å². The predicted molar refractivity (Wildman–Crippen MR) is 128 cm³/mol. The fourth-order valence-corrected chi connectivity index (χ4v) is 4.30. The molecule has 4 rings (SSSR count). The van der Waals surface area contributed by atoms with Crippen LogP contribution in [-0.4, -0.2) is 72.0 Å². The Morgan fingerprint density at radius 1 is 1.22 bits per heavy atom. The van der Waals surface area contributed by atoms with Crippen molar-refractivity contribution in [3.05, 3.63) is 59.3 Å². The Bertz CT molecular complexity index is 997. The van der Waals surface area contributed by atoms with Gasteiger partial charge in [0.1, 0.15) is 5.69 Å². The minimum atomic E-state index is -0.0715. The van der Waals surface area contributed by atoms with E-state index in [4.69, 9.17) is 0 Å². The second-order valence-electron chi connectivity index (χ2n) is 9.18. The smallest absolute Gasteiger partial charge is 0.271 e. The molecule has 7 nitrogen and oxygen atoms in total. The van der Waals surface area contributed by atoms with Gasteiger partial charge in [-0.3, -0.25) is 14.6 Å². The van der Waals surface area contributed by atoms with Gasteiger partial charge in [0.25, 0.3) is 5.56 Å². The van der Waals surface area contributed by atoms with Crippen molar-refractivity contribution >= 4 is 11.6 Å². The highest BCUT2D eigenvalue weighted by Gasteiger charge is 2.33. The molecule has 2 aromatic rings. The number of pyridine rings is 2. The van der Waals surface area contributed by atoms with Crippen LogP contribution in [0.15, 0.2) is 53.7 Å². The summed E-state index contributed by atoms with van der Waals surface area (Å²) in [5.41, 5.74) is 2.62. The molecule has 2 aromatic heterocycles. The van der Waals surface area contributed by atoms with Crippen molar-refractivity contribution < 1.29 is 4.79 Å². The first-order valence-corrected chi connectivity index (χ1v) is 11.5. The van der Waals surface area contributed by atoms with Crippen molar-refractivity contribution in [1.82, 2.24) is 19.8 Å². The quantitative estimate of drug-likeness (QED) is 0.646. The summed E-state index contributed by atoms with van der Waals surface area (Å²) in [7, 11) is 3.97. The molecule has 170 valence electrons. The average molecular weight is 436 g/mol. The summed E-state index contributed by atoms with van der Waals surface area (Å²) >= 11 is 0. The van der Waals surface area contributed by atoms with E-state index in [1.807, 2.05) is 48.2 Å². The number of rotatable bonds is 8. The van der Waals surface area contributed by atoms with Crippen LogP contribution in [0.3, 0.4) is 0 Å². The van der Waals surface area contributed by atoms with Crippen LogP contribution in [0.4, 0.5) is 5.69 Å². The van der Waals surface area contributed by atoms with Gasteiger partial charge in [0, 0.05) is 62.5 Å². The number of nitrogens with one attached hydrogen (secondary N) is 1. The molecule has 0 radical (unpaired) electrons. The van der Waals surface area contributed by atoms with E-state index in [0.717, 1.165) is 43.6 Å². The van der Waals surface area contributed by atoms with Gasteiger partial charge in [-0.1, -0.05) is 6.08 Å². The number of piperidine rings is 1. The molecule has 32 heavy (non-hydrogen) atoms. The van der Waals surface area contributed by atoms with Crippen LogP contribution in [-0.2, 0) is 4.79 Å². The molecule has 1 amide bonds. The zero-order valence-corrected chi connectivity index (χ0v) is 19.0. The number of hydrogen-bond donors (Lipinski definition) is 1. The summed E-state index contributed by atoms with van der Waals surface area (Å²) in [6, 6.07) is 6.03. The minimum Gasteiger partial charge on any atom is -0.362 e. The largest absolute Gasteiger partial charge is 0.362 e. The number of H-pyrrole nitrogens is 1. The molecule has 0 spiro atoms. The molecule has 1 N–H and O–H groups in total. The summed E-state index contributed by atoms with van der Waals surface area (Å²) in [5.74, 6) is 0.687. The molecule has 7 heteroatoms. The molecule has 0 aromatic carbocycles. The van der Waals surface area contributed by atoms with Gasteiger partial charge in [0.2, 0.25) is 5.91 Å². The summed E-state index contributed by atoms with van der Waals surface area (Å²) in [6.07, 6.45) is 13.2. The fourth-order valence-electron chi connectivity index (χ4n) is 4.30. The third-order valence-electron chi connectivity index (χ3n) is 6.24. The highest BCUT2D eigenvalue weighted by Crippen LogP contribution is 2.33. The van der Waals surface area contributed by atoms with E-state index in [2.05, 4.69) is 14.9 Å². The van der Waals surface area contributed by atoms with Gasteiger partial charge in [-0.25, -0.2) is 0 Å². The zero-order valence-electron chi connectivity index (χ0n) is 19.0. The maximum atomic E-state index is 12.9. The van der Waals surface area contributed by atoms with E-state index in [0.29, 0.717) is 18.2 Å². The number of carbonyl (C=O) groups is 1. The molecule has 2 aliphatic rings. The Balaban J connectivity index is 1.57. The highest BCUT2D eigenvalue weighted by molar-refractivity contribution is 5.87. The Hall–Kier alpha value is -2.93. The SMILES string of the molecule is CN(C)C/C=C/C(=O)N1CCCC(N(CC2CC2)c2cc(-c3ccncc3)c[nH]c2=O)C1. The summed E-state index contributed by atoms with van der Waals surface area (Å²) in [4.78, 5) is 38.9. The Morgan fingerprint density at radius 3 is 2.72 bits per heavy atom. The molecular formula is C25H33N5O2. The van der Waals surface area contributed by atoms with Crippen LogP contribution in [0.2, 0.25) is 0 Å². The van der Waals surface area contributed by atoms with Gasteiger partial charge in [-0.15, -0.1) is 0 Å². The number of aromatic amines is 1. The van der Waals surface area contributed by atoms with Crippen LogP contribution >= 0.6 is 0 Å². The molecule has 1 aliphatic heterocycles. The molecule has 0 bridgehead atoms. The molecule has 1 saturated carbocycles. The van der Waals surface area contributed by atoms with Crippen molar-refractivity contribution in [2.24, 2.45) is 5.92 Å². The fraction of sp³-hybridized carbons (Fsp3) is 0.480. The van der Waals surface area contributed by atoms with E-state index in [9.17, 15) is 9.59 Å². The lowest BCUT2D eigenvalue weighted by Gasteiger charge is -2.40. The Labute approximate surface area is 189 Å². The molecule has 1 saturated heterocycles. The summed E-state index contributed by atoms with van der Waals surface area (Å²) in [5, 5.41) is 0. The van der Waals surface area contributed by atoms with Crippen molar-refractivity contribution in [3.8, 4) is 11.1 Å². The van der Waals surface area contributed by atoms with Gasteiger partial charge < -0.3 is 19.7 Å². The third kappa shape index (κ3) is 5.65. The number of anilines is 1. The van der Waals surface area contributed by atoms with E-state index in [1.54, 1.807) is 24.7 Å². The zero-order chi connectivity index (χ0) is 22.5. The number of aromatic nitrogens is 2. The highest BCUT2D eigenvalue weighted by atomic mass is 16.2. The second kappa shape index (κ2) is 10.1. The van der Waals surface area contributed by atoms with E-state index < -0.39 is 0 Å². The van der Waals surface area contributed by atoms with E-state index in [-0.39, 0.29) is 17.5 Å². The van der Waals surface area contributed by atoms with Gasteiger partial charge >= 0.3 is 0 Å². The van der Waals surface area contributed by atoms with Crippen LogP contribution in [0.5, 0.6) is 0 Å². The van der Waals surface area contributed by atoms with Crippen LogP contribution in [0.25, 0.3) is 11.1 Å². The minimum absolute atomic E-state index is 0.0577. The lowest BCUT2D eigenvalue weighted by molar-refractivity contribution is -0.127. The van der Waals surface area contributed by atoms with E-state index >= 15 is 0 Å². The number of carbonyl (C=O) groups excluding carboxylic acids is 1. The van der Waals surface area contributed by atoms with E-state index in [1.165, 1.54) is 12.8 Å². The molecule has 1 unspecified atom stereocenters. The van der Waals surface area contributed by atoms with Gasteiger partial charge in [-0.2, -0.15) is 0 Å². The predicted octanol–water partition coefficient (Wildman–Crippen LogP) is 2.76. The Kier molecular flexibility index (Phi) is 7.05. The summed E-state index contributed by atoms with van der Waals surface area (Å²) < 4.78 is 0. The van der Waals surface area contributed by atoms with Crippen LogP contribution < -0.4 is 10.5 Å².